The molecule has 0 saturated carbocycles. The van der Waals surface area contributed by atoms with E-state index in [1.165, 1.54) is 7.11 Å². The fraction of sp³-hybridized carbons (Fsp3) is 0.611. The summed E-state index contributed by atoms with van der Waals surface area (Å²) in [4.78, 5) is 4.86. The van der Waals surface area contributed by atoms with Crippen LogP contribution in [-0.4, -0.2) is 30.6 Å². The van der Waals surface area contributed by atoms with Crippen LogP contribution in [0.25, 0.3) is 0 Å². The Labute approximate surface area is 134 Å². The van der Waals surface area contributed by atoms with Gasteiger partial charge < -0.3 is 14.7 Å². The number of hydrogen-bond acceptors (Lipinski definition) is 4. The van der Waals surface area contributed by atoms with Crippen molar-refractivity contribution in [2.24, 2.45) is 16.5 Å². The average molecular weight is 307 g/mol. The molecule has 0 amide bonds. The lowest BCUT2D eigenvalue weighted by molar-refractivity contribution is -0.0415. The Bertz CT molecular complexity index is 457. The highest BCUT2D eigenvalue weighted by Gasteiger charge is 2.34. The van der Waals surface area contributed by atoms with Crippen LogP contribution in [0, 0.1) is 11.3 Å². The second kappa shape index (κ2) is 8.91. The lowest BCUT2D eigenvalue weighted by atomic mass is 9.78. The smallest absolute Gasteiger partial charge is 0.106 e. The number of aliphatic hydroxyl groups is 1. The van der Waals surface area contributed by atoms with Crippen molar-refractivity contribution in [1.29, 1.82) is 0 Å². The maximum atomic E-state index is 10.7. The van der Waals surface area contributed by atoms with Crippen molar-refractivity contribution >= 4 is 5.71 Å². The van der Waals surface area contributed by atoms with Gasteiger partial charge in [-0.25, -0.2) is 0 Å². The molecule has 0 radical (unpaired) electrons. The number of aliphatic hydroxyl groups excluding tert-OH is 1. The van der Waals surface area contributed by atoms with Crippen molar-refractivity contribution in [3.8, 4) is 0 Å². The van der Waals surface area contributed by atoms with E-state index in [-0.39, 0.29) is 11.3 Å². The lowest BCUT2D eigenvalue weighted by Crippen LogP contribution is -2.41. The Morgan fingerprint density at radius 2 is 1.91 bits per heavy atom. The monoisotopic (exact) mass is 307 g/mol. The summed E-state index contributed by atoms with van der Waals surface area (Å²) in [5.41, 5.74) is 1.64. The van der Waals surface area contributed by atoms with Crippen LogP contribution in [0.5, 0.6) is 0 Å². The van der Waals surface area contributed by atoms with Gasteiger partial charge in [-0.1, -0.05) is 63.2 Å². The minimum Gasteiger partial charge on any atom is -0.399 e. The van der Waals surface area contributed by atoms with Crippen LogP contribution in [0.3, 0.4) is 0 Å². The Morgan fingerprint density at radius 3 is 2.45 bits per heavy atom. The summed E-state index contributed by atoms with van der Waals surface area (Å²) in [6, 6.07) is 10.0. The summed E-state index contributed by atoms with van der Waals surface area (Å²) in [6.07, 6.45) is 0.213. The van der Waals surface area contributed by atoms with Gasteiger partial charge in [-0.2, -0.15) is 0 Å². The summed E-state index contributed by atoms with van der Waals surface area (Å²) in [5, 5.41) is 14.7. The van der Waals surface area contributed by atoms with Gasteiger partial charge in [-0.15, -0.1) is 0 Å². The second-order valence-corrected chi connectivity index (χ2v) is 6.32. The van der Waals surface area contributed by atoms with E-state index in [0.29, 0.717) is 13.2 Å². The van der Waals surface area contributed by atoms with Crippen LogP contribution in [0.15, 0.2) is 35.5 Å². The van der Waals surface area contributed by atoms with Crippen LogP contribution in [0.4, 0.5) is 0 Å². The Morgan fingerprint density at radius 1 is 1.27 bits per heavy atom. The molecular formula is C18H29NO3. The third kappa shape index (κ3) is 5.43. The van der Waals surface area contributed by atoms with E-state index < -0.39 is 6.10 Å². The van der Waals surface area contributed by atoms with E-state index in [4.69, 9.17) is 9.57 Å². The minimum absolute atomic E-state index is 0.0692. The highest BCUT2D eigenvalue weighted by molar-refractivity contribution is 5.86. The fourth-order valence-corrected chi connectivity index (χ4v) is 2.54. The van der Waals surface area contributed by atoms with Crippen molar-refractivity contribution in [2.45, 2.75) is 46.8 Å². The van der Waals surface area contributed by atoms with Crippen LogP contribution >= 0.6 is 0 Å². The van der Waals surface area contributed by atoms with E-state index in [2.05, 4.69) is 5.16 Å². The van der Waals surface area contributed by atoms with E-state index in [9.17, 15) is 5.11 Å². The quantitative estimate of drug-likeness (QED) is 0.560. The highest BCUT2D eigenvalue weighted by atomic mass is 16.6. The number of oxime groups is 1. The molecule has 0 unspecified atom stereocenters. The van der Waals surface area contributed by atoms with Gasteiger partial charge in [0.1, 0.15) is 7.11 Å². The van der Waals surface area contributed by atoms with Gasteiger partial charge in [0.2, 0.25) is 0 Å². The minimum atomic E-state index is -0.544. The number of rotatable bonds is 9. The largest absolute Gasteiger partial charge is 0.399 e. The molecule has 0 aromatic heterocycles. The van der Waals surface area contributed by atoms with E-state index in [1.807, 2.05) is 58.0 Å². The number of nitrogens with zero attached hydrogens (tertiary/aromatic N) is 1. The van der Waals surface area contributed by atoms with Crippen molar-refractivity contribution in [1.82, 2.24) is 0 Å². The molecule has 1 N–H and O–H groups in total. The predicted molar refractivity (Wildman–Crippen MR) is 89.8 cm³/mol. The molecule has 0 aliphatic heterocycles. The average Bonchev–Trinajstić information content (AvgIpc) is 2.52. The first-order valence-electron chi connectivity index (χ1n) is 7.82. The predicted octanol–water partition coefficient (Wildman–Crippen LogP) is 3.64. The SMILES string of the molecule is CC/C(=N\OC)[C@@H](C)[C@@H](O)C(C)(C)COCc1ccccc1. The summed E-state index contributed by atoms with van der Waals surface area (Å²) in [5.74, 6) is -0.0692. The highest BCUT2D eigenvalue weighted by Crippen LogP contribution is 2.28. The molecule has 0 heterocycles. The molecule has 1 aromatic carbocycles. The fourth-order valence-electron chi connectivity index (χ4n) is 2.54. The van der Waals surface area contributed by atoms with Crippen molar-refractivity contribution in [3.63, 3.8) is 0 Å². The molecule has 1 rings (SSSR count). The van der Waals surface area contributed by atoms with E-state index in [1.54, 1.807) is 0 Å². The van der Waals surface area contributed by atoms with Gasteiger partial charge in [0.25, 0.3) is 0 Å². The molecule has 1 aromatic rings. The van der Waals surface area contributed by atoms with Gasteiger partial charge >= 0.3 is 0 Å². The van der Waals surface area contributed by atoms with Crippen LogP contribution < -0.4 is 0 Å². The Balaban J connectivity index is 2.58. The molecule has 0 aliphatic carbocycles. The zero-order chi connectivity index (χ0) is 16.6. The van der Waals surface area contributed by atoms with Gasteiger partial charge in [-0.05, 0) is 12.0 Å². The summed E-state index contributed by atoms with van der Waals surface area (Å²) in [7, 11) is 1.53. The van der Waals surface area contributed by atoms with Crippen LogP contribution in [-0.2, 0) is 16.2 Å². The third-order valence-corrected chi connectivity index (χ3v) is 3.96. The number of benzene rings is 1. The maximum absolute atomic E-state index is 10.7. The number of ether oxygens (including phenoxy) is 1. The summed E-state index contributed by atoms with van der Waals surface area (Å²) in [6.45, 7) is 9.05. The molecule has 4 heteroatoms. The topological polar surface area (TPSA) is 51.0 Å². The molecular weight excluding hydrogens is 278 g/mol. The first-order chi connectivity index (χ1) is 10.4. The van der Waals surface area contributed by atoms with Crippen molar-refractivity contribution < 1.29 is 14.7 Å². The molecule has 4 nitrogen and oxygen atoms in total. The molecule has 0 spiro atoms. The van der Waals surface area contributed by atoms with Crippen molar-refractivity contribution in [3.05, 3.63) is 35.9 Å². The van der Waals surface area contributed by atoms with Gasteiger partial charge in [0, 0.05) is 11.3 Å². The lowest BCUT2D eigenvalue weighted by Gasteiger charge is -2.34. The Kier molecular flexibility index (Phi) is 7.56. The van der Waals surface area contributed by atoms with Crippen LogP contribution in [0.2, 0.25) is 0 Å². The normalized spacial score (nSPS) is 15.5. The first-order valence-corrected chi connectivity index (χ1v) is 7.82. The Hall–Kier alpha value is -1.39. The zero-order valence-electron chi connectivity index (χ0n) is 14.4. The zero-order valence-corrected chi connectivity index (χ0v) is 14.4. The maximum Gasteiger partial charge on any atom is 0.106 e. The molecule has 0 aliphatic rings. The van der Waals surface area contributed by atoms with Crippen LogP contribution in [0.1, 0.15) is 39.7 Å². The van der Waals surface area contributed by atoms with Gasteiger partial charge in [-0.3, -0.25) is 0 Å². The van der Waals surface area contributed by atoms with Crippen molar-refractivity contribution in [2.75, 3.05) is 13.7 Å². The molecule has 2 atom stereocenters. The third-order valence-electron chi connectivity index (χ3n) is 3.96. The molecule has 124 valence electrons. The molecule has 22 heavy (non-hydrogen) atoms. The molecule has 0 bridgehead atoms. The summed E-state index contributed by atoms with van der Waals surface area (Å²) >= 11 is 0. The molecule has 0 saturated heterocycles. The van der Waals surface area contributed by atoms with E-state index in [0.717, 1.165) is 17.7 Å². The van der Waals surface area contributed by atoms with Gasteiger partial charge in [0.15, 0.2) is 0 Å². The van der Waals surface area contributed by atoms with E-state index >= 15 is 0 Å². The first kappa shape index (κ1) is 18.7. The standard InChI is InChI=1S/C18H29NO3/c1-6-16(19-21-5)14(2)17(20)18(3,4)13-22-12-15-10-8-7-9-11-15/h7-11,14,17,20H,6,12-13H2,1-5H3/b19-16+/t14-,17-/m1/s1. The second-order valence-electron chi connectivity index (χ2n) is 6.32. The summed E-state index contributed by atoms with van der Waals surface area (Å²) < 4.78 is 5.80. The van der Waals surface area contributed by atoms with Gasteiger partial charge in [0.05, 0.1) is 25.0 Å². The molecule has 0 fully saturated rings. The number of hydrogen-bond donors (Lipinski definition) is 1.